The molecule has 17 heteroatoms. The van der Waals surface area contributed by atoms with E-state index in [1.54, 1.807) is 0 Å². The monoisotopic (exact) mass is 784 g/mol. The summed E-state index contributed by atoms with van der Waals surface area (Å²) in [6.45, 7) is 35.5. The molecule has 4 fully saturated rings. The zero-order valence-electron chi connectivity index (χ0n) is 33.4. The second kappa shape index (κ2) is 14.7. The molecule has 12 nitrogen and oxygen atoms in total. The summed E-state index contributed by atoms with van der Waals surface area (Å²) in [5.41, 5.74) is -3.56. The number of hydrogen-bond acceptors (Lipinski definition) is 12. The van der Waals surface area contributed by atoms with Crippen molar-refractivity contribution in [3.05, 3.63) is 0 Å². The molecule has 8 atom stereocenters. The van der Waals surface area contributed by atoms with Crippen LogP contribution in [0.4, 0.5) is 0 Å². The molecule has 0 aromatic carbocycles. The van der Waals surface area contributed by atoms with Crippen LogP contribution in [0.15, 0.2) is 0 Å². The first-order chi connectivity index (χ1) is 22.6. The first kappa shape index (κ1) is 42.3. The normalized spacial score (nSPS) is 37.2. The highest BCUT2D eigenvalue weighted by atomic mass is 28.5. The molecule has 0 aliphatic carbocycles. The second-order valence-electron chi connectivity index (χ2n) is 16.1. The van der Waals surface area contributed by atoms with Crippen molar-refractivity contribution in [1.82, 2.24) is 0 Å². The lowest BCUT2D eigenvalue weighted by Crippen LogP contribution is -2.74. The first-order valence-electron chi connectivity index (χ1n) is 18.7. The van der Waals surface area contributed by atoms with Gasteiger partial charge in [0.25, 0.3) is 0 Å². The Bertz CT molecular complexity index is 974. The van der Waals surface area contributed by atoms with Crippen LogP contribution in [-0.4, -0.2) is 115 Å². The van der Waals surface area contributed by atoms with Gasteiger partial charge in [-0.15, -0.1) is 0 Å². The van der Waals surface area contributed by atoms with E-state index in [1.165, 1.54) is 0 Å². The van der Waals surface area contributed by atoms with E-state index >= 15 is 0 Å². The Balaban J connectivity index is 1.88. The average Bonchev–Trinajstić information content (AvgIpc) is 3.90. The van der Waals surface area contributed by atoms with Crippen LogP contribution in [0, 0.1) is 0 Å². The zero-order chi connectivity index (χ0) is 37.0. The first-order valence-corrected chi connectivity index (χ1v) is 31.9. The lowest BCUT2D eigenvalue weighted by molar-refractivity contribution is -0.0253. The van der Waals surface area contributed by atoms with Gasteiger partial charge in [-0.25, -0.2) is 0 Å². The van der Waals surface area contributed by atoms with Crippen LogP contribution in [0.2, 0.25) is 52.4 Å². The van der Waals surface area contributed by atoms with E-state index in [0.717, 1.165) is 25.7 Å². The lowest BCUT2D eigenvalue weighted by Gasteiger charge is -2.48. The van der Waals surface area contributed by atoms with Gasteiger partial charge in [-0.1, -0.05) is 27.7 Å². The Morgan fingerprint density at radius 2 is 0.551 bits per heavy atom. The molecule has 8 unspecified atom stereocenters. The molecule has 0 amide bonds. The molecule has 0 N–H and O–H groups in total. The van der Waals surface area contributed by atoms with E-state index in [-0.39, 0.29) is 24.4 Å². The minimum absolute atomic E-state index is 0.156. The predicted octanol–water partition coefficient (Wildman–Crippen LogP) is 6.63. The third-order valence-electron chi connectivity index (χ3n) is 10.3. The Labute approximate surface area is 301 Å². The molecule has 4 aliphatic rings. The summed E-state index contributed by atoms with van der Waals surface area (Å²) in [6.07, 6.45) is 2.76. The molecule has 0 bridgehead atoms. The van der Waals surface area contributed by atoms with Crippen LogP contribution in [0.3, 0.4) is 0 Å². The largest absolute Gasteiger partial charge is 0.637 e. The molecule has 4 saturated heterocycles. The summed E-state index contributed by atoms with van der Waals surface area (Å²) >= 11 is 0. The molecular weight excluding hydrogens is 717 g/mol. The van der Waals surface area contributed by atoms with Gasteiger partial charge in [-0.2, -0.15) is 0 Å². The third-order valence-corrected chi connectivity index (χ3v) is 31.8. The maximum Gasteiger partial charge on any atom is 0.637 e. The fourth-order valence-electron chi connectivity index (χ4n) is 7.42. The van der Waals surface area contributed by atoms with Gasteiger partial charge < -0.3 is 54.4 Å². The summed E-state index contributed by atoms with van der Waals surface area (Å²) in [5.74, 6) is 0. The number of ether oxygens (including phenoxy) is 8. The molecule has 0 saturated carbocycles. The highest BCUT2D eigenvalue weighted by molar-refractivity contribution is 6.94. The maximum absolute atomic E-state index is 7.55. The van der Waals surface area contributed by atoms with Crippen molar-refractivity contribution >= 4 is 42.3 Å². The van der Waals surface area contributed by atoms with E-state index < -0.39 is 64.0 Å². The SMILES string of the molecule is CCCOC1([Si](C)(C)O[Si](O[Si](C)(C)C2(OCCC)OC2C)(O[Si](C)(C)C2(OCCC)OC2C)O[Si](C)(C)C2(OCCC)OC2C)OC1C. The van der Waals surface area contributed by atoms with Crippen molar-refractivity contribution < 1.29 is 54.4 Å². The van der Waals surface area contributed by atoms with Crippen LogP contribution in [0.5, 0.6) is 0 Å². The van der Waals surface area contributed by atoms with Gasteiger partial charge >= 0.3 is 9.05 Å². The molecule has 288 valence electrons. The fourth-order valence-corrected chi connectivity index (χ4v) is 30.5. The van der Waals surface area contributed by atoms with Gasteiger partial charge in [0.15, 0.2) is 0 Å². The molecular formula is C32H68O12Si5. The molecule has 49 heavy (non-hydrogen) atoms. The third kappa shape index (κ3) is 7.76. The average molecular weight is 785 g/mol. The molecule has 0 radical (unpaired) electrons. The Kier molecular flexibility index (Phi) is 12.7. The Morgan fingerprint density at radius 3 is 0.673 bits per heavy atom. The Hall–Kier alpha value is 0.604. The van der Waals surface area contributed by atoms with Crippen molar-refractivity contribution in [2.45, 2.75) is 180 Å². The van der Waals surface area contributed by atoms with Crippen LogP contribution in [-0.2, 0) is 54.4 Å². The number of hydrogen-bond donors (Lipinski definition) is 0. The van der Waals surface area contributed by atoms with Gasteiger partial charge in [0.05, 0.1) is 0 Å². The van der Waals surface area contributed by atoms with Crippen molar-refractivity contribution in [1.29, 1.82) is 0 Å². The fraction of sp³-hybridized carbons (Fsp3) is 1.00. The van der Waals surface area contributed by atoms with Gasteiger partial charge in [-0.3, -0.25) is 0 Å². The summed E-state index contributed by atoms with van der Waals surface area (Å²) in [5, 5.41) is 0. The minimum Gasteiger partial charge on any atom is -0.389 e. The van der Waals surface area contributed by atoms with Gasteiger partial charge in [-0.05, 0) is 106 Å². The summed E-state index contributed by atoms with van der Waals surface area (Å²) < 4.78 is 81.5. The van der Waals surface area contributed by atoms with E-state index in [1.807, 2.05) is 27.7 Å². The standard InChI is InChI=1S/C32H68O12Si5/c1-17-21-33-29(25(5)37-29)45(9,10)41-49(42-46(11,12)30(26(6)38-30)34-22-18-2,43-47(13,14)31(27(7)39-31)35-23-19-3)44-48(15,16)32(28(8)40-32)36-24-20-4/h25-28H,17-24H2,1-16H3. The molecule has 4 aliphatic heterocycles. The summed E-state index contributed by atoms with van der Waals surface area (Å²) in [4.78, 5) is 0. The van der Waals surface area contributed by atoms with Crippen LogP contribution >= 0.6 is 0 Å². The smallest absolute Gasteiger partial charge is 0.389 e. The molecule has 4 heterocycles. The van der Waals surface area contributed by atoms with E-state index in [4.69, 9.17) is 54.4 Å². The van der Waals surface area contributed by atoms with Crippen LogP contribution in [0.25, 0.3) is 0 Å². The van der Waals surface area contributed by atoms with Crippen LogP contribution in [0.1, 0.15) is 81.1 Å². The number of epoxide rings is 4. The van der Waals surface area contributed by atoms with Crippen molar-refractivity contribution in [3.8, 4) is 0 Å². The lowest BCUT2D eigenvalue weighted by atomic mass is 10.5. The summed E-state index contributed by atoms with van der Waals surface area (Å²) in [7, 11) is -16.4. The van der Waals surface area contributed by atoms with Crippen molar-refractivity contribution in [3.63, 3.8) is 0 Å². The van der Waals surface area contributed by atoms with Crippen LogP contribution < -0.4 is 0 Å². The van der Waals surface area contributed by atoms with E-state index in [0.29, 0.717) is 26.4 Å². The van der Waals surface area contributed by atoms with E-state index in [2.05, 4.69) is 80.1 Å². The van der Waals surface area contributed by atoms with Crippen molar-refractivity contribution in [2.75, 3.05) is 26.4 Å². The number of rotatable bonds is 24. The second-order valence-corrected chi connectivity index (χ2v) is 35.2. The van der Waals surface area contributed by atoms with Gasteiger partial charge in [0.2, 0.25) is 54.9 Å². The van der Waals surface area contributed by atoms with Gasteiger partial charge in [0.1, 0.15) is 24.4 Å². The molecule has 0 aromatic rings. The minimum atomic E-state index is -4.28. The van der Waals surface area contributed by atoms with Crippen molar-refractivity contribution in [2.24, 2.45) is 0 Å². The summed E-state index contributed by atoms with van der Waals surface area (Å²) in [6, 6.07) is 0. The van der Waals surface area contributed by atoms with Gasteiger partial charge in [0, 0.05) is 26.4 Å². The quantitative estimate of drug-likeness (QED) is 0.0771. The highest BCUT2D eigenvalue weighted by Crippen LogP contribution is 2.54. The molecule has 0 aromatic heterocycles. The maximum atomic E-state index is 7.55. The highest BCUT2D eigenvalue weighted by Gasteiger charge is 2.79. The molecule has 0 spiro atoms. The zero-order valence-corrected chi connectivity index (χ0v) is 38.4. The molecule has 4 rings (SSSR count). The van der Waals surface area contributed by atoms with E-state index in [9.17, 15) is 0 Å². The topological polar surface area (TPSA) is 124 Å². The predicted molar refractivity (Wildman–Crippen MR) is 198 cm³/mol. The Morgan fingerprint density at radius 1 is 0.388 bits per heavy atom.